The molecule has 148 valence electrons. The lowest BCUT2D eigenvalue weighted by Gasteiger charge is -2.23. The van der Waals surface area contributed by atoms with Gasteiger partial charge in [0.25, 0.3) is 0 Å². The van der Waals surface area contributed by atoms with Crippen LogP contribution in [0.25, 0.3) is 0 Å². The van der Waals surface area contributed by atoms with Crippen LogP contribution in [0.4, 0.5) is 4.79 Å². The Morgan fingerprint density at radius 3 is 2.38 bits per heavy atom. The molecule has 1 atom stereocenters. The van der Waals surface area contributed by atoms with Gasteiger partial charge in [-0.05, 0) is 51.5 Å². The van der Waals surface area contributed by atoms with Crippen molar-refractivity contribution in [2.45, 2.75) is 43.7 Å². The number of hydrogen-bond donors (Lipinski definition) is 2. The van der Waals surface area contributed by atoms with E-state index in [1.54, 1.807) is 32.9 Å². The first kappa shape index (κ1) is 22.8. The quantitative estimate of drug-likeness (QED) is 0.440. The molecule has 1 amide bonds. The number of rotatable bonds is 9. The number of halogens is 1. The Balaban J connectivity index is 2.60. The first-order valence-corrected chi connectivity index (χ1v) is 10.2. The van der Waals surface area contributed by atoms with Crippen molar-refractivity contribution in [2.75, 3.05) is 20.3 Å². The van der Waals surface area contributed by atoms with Crippen LogP contribution in [0.5, 0.6) is 0 Å². The summed E-state index contributed by atoms with van der Waals surface area (Å²) in [7, 11) is -2.29. The zero-order chi connectivity index (χ0) is 19.8. The van der Waals surface area contributed by atoms with Crippen molar-refractivity contribution >= 4 is 32.0 Å². The molecule has 0 aliphatic heterocycles. The maximum Gasteiger partial charge on any atom is 0.407 e. The molecule has 1 aromatic carbocycles. The predicted octanol–water partition coefficient (Wildman–Crippen LogP) is 2.59. The number of nitrogens with one attached hydrogen (secondary N) is 2. The molecule has 0 unspecified atom stereocenters. The summed E-state index contributed by atoms with van der Waals surface area (Å²) < 4.78 is 33.0. The van der Waals surface area contributed by atoms with Crippen LogP contribution >= 0.6 is 15.9 Å². The lowest BCUT2D eigenvalue weighted by molar-refractivity contribution is -0.275. The molecule has 0 saturated heterocycles. The van der Waals surface area contributed by atoms with Crippen LogP contribution in [0.15, 0.2) is 33.6 Å². The van der Waals surface area contributed by atoms with Crippen LogP contribution in [0.1, 0.15) is 27.2 Å². The Bertz CT molecular complexity index is 673. The number of benzene rings is 1. The lowest BCUT2D eigenvalue weighted by Crippen LogP contribution is -2.43. The highest BCUT2D eigenvalue weighted by molar-refractivity contribution is 9.10. The smallest absolute Gasteiger partial charge is 0.407 e. The summed E-state index contributed by atoms with van der Waals surface area (Å²) in [5, 5.41) is 2.63. The fraction of sp³-hybridized carbons (Fsp3) is 0.562. The molecule has 26 heavy (non-hydrogen) atoms. The van der Waals surface area contributed by atoms with Crippen LogP contribution in [0, 0.1) is 0 Å². The van der Waals surface area contributed by atoms with E-state index in [0.29, 0.717) is 6.42 Å². The minimum Gasteiger partial charge on any atom is -0.444 e. The van der Waals surface area contributed by atoms with Gasteiger partial charge in [0, 0.05) is 11.0 Å². The highest BCUT2D eigenvalue weighted by Gasteiger charge is 2.21. The largest absolute Gasteiger partial charge is 0.444 e. The summed E-state index contributed by atoms with van der Waals surface area (Å²) in [6.45, 7) is 5.40. The molecule has 0 heterocycles. The third-order valence-corrected chi connectivity index (χ3v) is 5.02. The number of amides is 1. The van der Waals surface area contributed by atoms with Crippen molar-refractivity contribution in [3.8, 4) is 0 Å². The molecule has 0 spiro atoms. The minimum absolute atomic E-state index is 0.0513. The number of hydrogen-bond acceptors (Lipinski definition) is 6. The second kappa shape index (κ2) is 10.2. The first-order valence-electron chi connectivity index (χ1n) is 7.94. The van der Waals surface area contributed by atoms with Gasteiger partial charge in [0.2, 0.25) is 10.0 Å². The lowest BCUT2D eigenvalue weighted by atomic mass is 10.2. The zero-order valence-electron chi connectivity index (χ0n) is 15.2. The molecule has 0 radical (unpaired) electrons. The Morgan fingerprint density at radius 1 is 1.23 bits per heavy atom. The first-order chi connectivity index (χ1) is 12.0. The standard InChI is InChI=1S/C16H25BrN2O6S/c1-16(2,3)25-15(20)19-13(11-24-23-4)9-10-18-26(21,22)14-7-5-12(17)6-8-14/h5-8,13,18H,9-11H2,1-4H3,(H,19,20)/t13-/m0/s1. The fourth-order valence-electron chi connectivity index (χ4n) is 1.89. The van der Waals surface area contributed by atoms with Gasteiger partial charge in [-0.1, -0.05) is 15.9 Å². The topological polar surface area (TPSA) is 103 Å². The van der Waals surface area contributed by atoms with E-state index < -0.39 is 27.8 Å². The van der Waals surface area contributed by atoms with Gasteiger partial charge in [0.05, 0.1) is 18.0 Å². The molecule has 2 N–H and O–H groups in total. The molecule has 0 aliphatic carbocycles. The SMILES string of the molecule is COOC[C@H](CCNS(=O)(=O)c1ccc(Br)cc1)NC(=O)OC(C)(C)C. The Kier molecular flexibility index (Phi) is 8.97. The van der Waals surface area contributed by atoms with Crippen molar-refractivity contribution in [3.63, 3.8) is 0 Å². The molecule has 1 aromatic rings. The van der Waals surface area contributed by atoms with Gasteiger partial charge in [-0.25, -0.2) is 27.7 Å². The molecule has 0 bridgehead atoms. The van der Waals surface area contributed by atoms with Crippen LogP contribution < -0.4 is 10.0 Å². The number of carbonyl (C=O) groups excluding carboxylic acids is 1. The third kappa shape index (κ3) is 8.95. The second-order valence-electron chi connectivity index (χ2n) is 6.43. The molecule has 0 fully saturated rings. The zero-order valence-corrected chi connectivity index (χ0v) is 17.6. The average Bonchev–Trinajstić information content (AvgIpc) is 2.50. The van der Waals surface area contributed by atoms with Gasteiger partial charge >= 0.3 is 6.09 Å². The number of ether oxygens (including phenoxy) is 1. The van der Waals surface area contributed by atoms with Crippen molar-refractivity contribution in [3.05, 3.63) is 28.7 Å². The molecular weight excluding hydrogens is 428 g/mol. The van der Waals surface area contributed by atoms with Gasteiger partial charge in [-0.15, -0.1) is 0 Å². The van der Waals surface area contributed by atoms with E-state index in [4.69, 9.17) is 9.62 Å². The van der Waals surface area contributed by atoms with Crippen molar-refractivity contribution in [2.24, 2.45) is 0 Å². The van der Waals surface area contributed by atoms with Gasteiger partial charge in [-0.2, -0.15) is 0 Å². The van der Waals surface area contributed by atoms with E-state index >= 15 is 0 Å². The number of sulfonamides is 1. The van der Waals surface area contributed by atoms with E-state index in [1.807, 2.05) is 0 Å². The normalized spacial score (nSPS) is 13.3. The third-order valence-electron chi connectivity index (χ3n) is 3.02. The number of carbonyl (C=O) groups is 1. The summed E-state index contributed by atoms with van der Waals surface area (Å²) in [4.78, 5) is 21.4. The maximum absolute atomic E-state index is 12.3. The summed E-state index contributed by atoms with van der Waals surface area (Å²) in [5.41, 5.74) is -0.639. The van der Waals surface area contributed by atoms with E-state index in [0.717, 1.165) is 4.47 Å². The van der Waals surface area contributed by atoms with Gasteiger partial charge in [-0.3, -0.25) is 0 Å². The molecule has 8 nitrogen and oxygen atoms in total. The van der Waals surface area contributed by atoms with E-state index in [-0.39, 0.29) is 18.0 Å². The second-order valence-corrected chi connectivity index (χ2v) is 9.12. The maximum atomic E-state index is 12.3. The highest BCUT2D eigenvalue weighted by Crippen LogP contribution is 2.14. The van der Waals surface area contributed by atoms with E-state index in [9.17, 15) is 13.2 Å². The summed E-state index contributed by atoms with van der Waals surface area (Å²) in [6.07, 6.45) is -0.323. The van der Waals surface area contributed by atoms with E-state index in [2.05, 4.69) is 30.9 Å². The molecule has 10 heteroatoms. The van der Waals surface area contributed by atoms with Crippen molar-refractivity contribution < 1.29 is 27.7 Å². The molecule has 1 rings (SSSR count). The molecular formula is C16H25BrN2O6S. The van der Waals surface area contributed by atoms with E-state index in [1.165, 1.54) is 19.2 Å². The fourth-order valence-corrected chi connectivity index (χ4v) is 3.20. The summed E-state index contributed by atoms with van der Waals surface area (Å²) in [6, 6.07) is 5.80. The molecule has 0 aromatic heterocycles. The molecule has 0 saturated carbocycles. The monoisotopic (exact) mass is 452 g/mol. The Morgan fingerprint density at radius 2 is 1.85 bits per heavy atom. The highest BCUT2D eigenvalue weighted by atomic mass is 79.9. The van der Waals surface area contributed by atoms with Gasteiger partial charge < -0.3 is 10.1 Å². The van der Waals surface area contributed by atoms with Crippen LogP contribution in [-0.2, 0) is 24.5 Å². The summed E-state index contributed by atoms with van der Waals surface area (Å²) >= 11 is 3.26. The Labute approximate surface area is 162 Å². The van der Waals surface area contributed by atoms with Crippen LogP contribution in [-0.4, -0.2) is 46.4 Å². The number of alkyl carbamates (subject to hydrolysis) is 1. The minimum atomic E-state index is -3.64. The Hall–Kier alpha value is -1.20. The van der Waals surface area contributed by atoms with Gasteiger partial charge in [0.15, 0.2) is 0 Å². The van der Waals surface area contributed by atoms with Crippen molar-refractivity contribution in [1.82, 2.24) is 10.0 Å². The van der Waals surface area contributed by atoms with Crippen molar-refractivity contribution in [1.29, 1.82) is 0 Å². The molecule has 0 aliphatic rings. The average molecular weight is 453 g/mol. The predicted molar refractivity (Wildman–Crippen MR) is 100 cm³/mol. The van der Waals surface area contributed by atoms with Crippen LogP contribution in [0.2, 0.25) is 0 Å². The van der Waals surface area contributed by atoms with Gasteiger partial charge in [0.1, 0.15) is 12.2 Å². The summed E-state index contributed by atoms with van der Waals surface area (Å²) in [5.74, 6) is 0. The van der Waals surface area contributed by atoms with Crippen LogP contribution in [0.3, 0.4) is 0 Å².